The van der Waals surface area contributed by atoms with Gasteiger partial charge in [0.1, 0.15) is 5.00 Å². The van der Waals surface area contributed by atoms with Gasteiger partial charge in [-0.15, -0.1) is 22.7 Å². The number of halogens is 3. The number of aromatic nitrogens is 3. The number of amides is 1. The number of rotatable bonds is 7. The van der Waals surface area contributed by atoms with Gasteiger partial charge < -0.3 is 10.1 Å². The fourth-order valence-corrected chi connectivity index (χ4v) is 7.05. The summed E-state index contributed by atoms with van der Waals surface area (Å²) < 4.78 is 47.9. The van der Waals surface area contributed by atoms with Crippen molar-refractivity contribution in [3.05, 3.63) is 56.5 Å². The van der Waals surface area contributed by atoms with Gasteiger partial charge in [0.15, 0.2) is 17.0 Å². The Morgan fingerprint density at radius 1 is 1.18 bits per heavy atom. The largest absolute Gasteiger partial charge is 0.462 e. The maximum atomic E-state index is 14.0. The molecule has 39 heavy (non-hydrogen) atoms. The fraction of sp³-hybridized carbons (Fsp3) is 0.407. The summed E-state index contributed by atoms with van der Waals surface area (Å²) in [5.41, 5.74) is -0.00728. The molecule has 0 bridgehead atoms. The van der Waals surface area contributed by atoms with Gasteiger partial charge >= 0.3 is 12.1 Å². The van der Waals surface area contributed by atoms with Crippen molar-refractivity contribution in [2.75, 3.05) is 11.9 Å². The molecule has 1 atom stereocenters. The van der Waals surface area contributed by atoms with Crippen molar-refractivity contribution >= 4 is 45.2 Å². The molecule has 0 aromatic carbocycles. The zero-order valence-corrected chi connectivity index (χ0v) is 23.3. The molecule has 1 aliphatic rings. The summed E-state index contributed by atoms with van der Waals surface area (Å²) in [4.78, 5) is 33.1. The van der Waals surface area contributed by atoms with E-state index in [0.29, 0.717) is 32.3 Å². The van der Waals surface area contributed by atoms with Crippen LogP contribution in [0.1, 0.15) is 75.5 Å². The van der Waals surface area contributed by atoms with Crippen LogP contribution >= 0.6 is 22.7 Å². The number of thiophene rings is 2. The third-order valence-electron chi connectivity index (χ3n) is 6.86. The second kappa shape index (κ2) is 10.7. The minimum atomic E-state index is -4.72. The summed E-state index contributed by atoms with van der Waals surface area (Å²) in [7, 11) is 0. The Morgan fingerprint density at radius 3 is 2.64 bits per heavy atom. The van der Waals surface area contributed by atoms with Gasteiger partial charge in [-0.05, 0) is 62.3 Å². The molecule has 0 aliphatic heterocycles. The van der Waals surface area contributed by atoms with Crippen LogP contribution in [0, 0.1) is 5.92 Å². The molecular formula is C27H27F3N4O3S2. The third-order valence-corrected chi connectivity index (χ3v) is 9.29. The number of carbonyl (C=O) groups excluding carboxylic acids is 2. The van der Waals surface area contributed by atoms with Crippen LogP contribution in [0.25, 0.3) is 16.2 Å². The zero-order chi connectivity index (χ0) is 27.9. The van der Waals surface area contributed by atoms with Gasteiger partial charge in [0, 0.05) is 15.8 Å². The number of ether oxygens (including phenoxy) is 1. The van der Waals surface area contributed by atoms with E-state index in [1.807, 2.05) is 13.0 Å². The van der Waals surface area contributed by atoms with E-state index < -0.39 is 23.7 Å². The number of nitrogens with one attached hydrogen (secondary N) is 1. The van der Waals surface area contributed by atoms with Crippen molar-refractivity contribution in [1.29, 1.82) is 0 Å². The van der Waals surface area contributed by atoms with Gasteiger partial charge in [-0.3, -0.25) is 4.79 Å². The molecule has 1 aliphatic carbocycles. The van der Waals surface area contributed by atoms with E-state index in [0.717, 1.165) is 47.1 Å². The maximum Gasteiger partial charge on any atom is 0.433 e. The third kappa shape index (κ3) is 5.31. The summed E-state index contributed by atoms with van der Waals surface area (Å²) >= 11 is 2.69. The zero-order valence-electron chi connectivity index (χ0n) is 21.6. The van der Waals surface area contributed by atoms with Crippen LogP contribution in [0.15, 0.2) is 24.3 Å². The topological polar surface area (TPSA) is 85.6 Å². The molecule has 0 saturated carbocycles. The monoisotopic (exact) mass is 576 g/mol. The van der Waals surface area contributed by atoms with Gasteiger partial charge in [-0.1, -0.05) is 20.3 Å². The number of nitrogens with zero attached hydrogens (tertiary/aromatic N) is 3. The Kier molecular flexibility index (Phi) is 7.51. The van der Waals surface area contributed by atoms with Crippen LogP contribution in [0.3, 0.4) is 0 Å². The molecule has 0 spiro atoms. The Labute approximate surface area is 231 Å². The lowest BCUT2D eigenvalue weighted by Crippen LogP contribution is -2.18. The van der Waals surface area contributed by atoms with Crippen molar-refractivity contribution in [2.24, 2.45) is 5.92 Å². The number of hydrogen-bond donors (Lipinski definition) is 1. The van der Waals surface area contributed by atoms with E-state index in [4.69, 9.17) is 4.74 Å². The molecule has 0 fully saturated rings. The van der Waals surface area contributed by atoms with Crippen LogP contribution in [0.4, 0.5) is 18.2 Å². The second-order valence-corrected chi connectivity index (χ2v) is 11.6. The number of fused-ring (bicyclic) bond motifs is 2. The fourth-order valence-electron chi connectivity index (χ4n) is 4.80. The van der Waals surface area contributed by atoms with Crippen molar-refractivity contribution in [1.82, 2.24) is 14.6 Å². The Hall–Kier alpha value is -3.25. The highest BCUT2D eigenvalue weighted by molar-refractivity contribution is 7.17. The molecule has 0 saturated heterocycles. The first-order valence-corrected chi connectivity index (χ1v) is 14.5. The highest BCUT2D eigenvalue weighted by Gasteiger charge is 2.36. The molecule has 12 heteroatoms. The van der Waals surface area contributed by atoms with Crippen LogP contribution in [-0.2, 0) is 30.2 Å². The van der Waals surface area contributed by atoms with Gasteiger partial charge in [-0.25, -0.2) is 14.3 Å². The van der Waals surface area contributed by atoms with Crippen LogP contribution < -0.4 is 5.32 Å². The van der Waals surface area contributed by atoms with Gasteiger partial charge in [0.2, 0.25) is 0 Å². The summed E-state index contributed by atoms with van der Waals surface area (Å²) in [5.74, 6) is -0.759. The summed E-state index contributed by atoms with van der Waals surface area (Å²) in [6.45, 7) is 5.97. The number of alkyl halides is 3. The molecule has 0 unspecified atom stereocenters. The smallest absolute Gasteiger partial charge is 0.433 e. The number of hydrogen-bond acceptors (Lipinski definition) is 7. The Balaban J connectivity index is 1.53. The summed E-state index contributed by atoms with van der Waals surface area (Å²) in [5, 5.41) is 7.02. The first-order valence-electron chi connectivity index (χ1n) is 12.8. The summed E-state index contributed by atoms with van der Waals surface area (Å²) in [6.07, 6.45) is -0.513. The Bertz CT molecular complexity index is 1550. The van der Waals surface area contributed by atoms with E-state index in [-0.39, 0.29) is 23.6 Å². The van der Waals surface area contributed by atoms with Crippen molar-refractivity contribution in [2.45, 2.75) is 59.1 Å². The average molecular weight is 577 g/mol. The first-order chi connectivity index (χ1) is 18.6. The van der Waals surface area contributed by atoms with Crippen LogP contribution in [-0.4, -0.2) is 33.1 Å². The average Bonchev–Trinajstić information content (AvgIpc) is 3.63. The lowest BCUT2D eigenvalue weighted by Gasteiger charge is -2.20. The molecular weight excluding hydrogens is 549 g/mol. The first kappa shape index (κ1) is 27.3. The maximum absolute atomic E-state index is 14.0. The molecule has 1 N–H and O–H groups in total. The molecule has 206 valence electrons. The quantitative estimate of drug-likeness (QED) is 0.239. The van der Waals surface area contributed by atoms with E-state index in [2.05, 4.69) is 22.3 Å². The normalized spacial score (nSPS) is 15.4. The molecule has 4 aromatic heterocycles. The predicted molar refractivity (Wildman–Crippen MR) is 145 cm³/mol. The number of esters is 1. The number of aryl methyl sites for hydroxylation is 1. The van der Waals surface area contributed by atoms with E-state index in [9.17, 15) is 22.8 Å². The number of anilines is 1. The molecule has 4 aromatic rings. The van der Waals surface area contributed by atoms with Crippen LogP contribution in [0.2, 0.25) is 0 Å². The summed E-state index contributed by atoms with van der Waals surface area (Å²) in [6, 6.07) is 5.78. The van der Waals surface area contributed by atoms with E-state index >= 15 is 0 Å². The number of carbonyl (C=O) groups is 2. The van der Waals surface area contributed by atoms with E-state index in [1.165, 1.54) is 28.7 Å². The highest BCUT2D eigenvalue weighted by Crippen LogP contribution is 2.41. The predicted octanol–water partition coefficient (Wildman–Crippen LogP) is 7.04. The molecule has 4 heterocycles. The standard InChI is InChI=1S/C27H27F3N4O3S2/c1-4-14-7-9-16-20(11-14)39-25(23(16)26(36)37-6-3)32-24(35)18-13-22-31-17(19-10-8-15(5-2)38-19)12-21(27(28,29)30)34(22)33-18/h8,10,12-14H,4-7,9,11H2,1-3H3,(H,32,35)/t14-/m1/s1. The second-order valence-electron chi connectivity index (χ2n) is 9.34. The van der Waals surface area contributed by atoms with Gasteiger partial charge in [0.05, 0.1) is 22.7 Å². The van der Waals surface area contributed by atoms with Gasteiger partial charge in [-0.2, -0.15) is 18.3 Å². The minimum Gasteiger partial charge on any atom is -0.462 e. The van der Waals surface area contributed by atoms with Crippen molar-refractivity contribution in [3.8, 4) is 10.6 Å². The lowest BCUT2D eigenvalue weighted by atomic mass is 9.85. The lowest BCUT2D eigenvalue weighted by molar-refractivity contribution is -0.142. The van der Waals surface area contributed by atoms with E-state index in [1.54, 1.807) is 13.0 Å². The molecule has 7 nitrogen and oxygen atoms in total. The van der Waals surface area contributed by atoms with Gasteiger partial charge in [0.25, 0.3) is 5.91 Å². The minimum absolute atomic E-state index is 0.0988. The highest BCUT2D eigenvalue weighted by atomic mass is 32.1. The SMILES string of the molecule is CCOC(=O)c1c(NC(=O)c2cc3nc(-c4ccc(CC)s4)cc(C(F)(F)F)n3n2)sc2c1CC[C@@H](CC)C2. The molecule has 0 radical (unpaired) electrons. The van der Waals surface area contributed by atoms with Crippen molar-refractivity contribution < 1.29 is 27.5 Å². The Morgan fingerprint density at radius 2 is 1.97 bits per heavy atom. The molecule has 1 amide bonds. The van der Waals surface area contributed by atoms with Crippen LogP contribution in [0.5, 0.6) is 0 Å². The van der Waals surface area contributed by atoms with Crippen molar-refractivity contribution in [3.63, 3.8) is 0 Å². The molecule has 5 rings (SSSR count).